The Morgan fingerprint density at radius 2 is 2.24 bits per heavy atom. The van der Waals surface area contributed by atoms with Gasteiger partial charge in [0.1, 0.15) is 0 Å². The number of aliphatic imine (C=N–C) groups is 1. The highest BCUT2D eigenvalue weighted by atomic mass is 35.5. The quantitative estimate of drug-likeness (QED) is 0.673. The first-order valence-electron chi connectivity index (χ1n) is 6.71. The Morgan fingerprint density at radius 1 is 1.43 bits per heavy atom. The number of aromatic nitrogens is 1. The summed E-state index contributed by atoms with van der Waals surface area (Å²) in [6.07, 6.45) is 3.81. The van der Waals surface area contributed by atoms with Gasteiger partial charge in [-0.25, -0.2) is 0 Å². The lowest BCUT2D eigenvalue weighted by molar-refractivity contribution is 0.0955. The third-order valence-corrected chi connectivity index (χ3v) is 3.57. The average molecular weight is 307 g/mol. The van der Waals surface area contributed by atoms with Gasteiger partial charge in [0.2, 0.25) is 0 Å². The highest BCUT2D eigenvalue weighted by molar-refractivity contribution is 6.08. The van der Waals surface area contributed by atoms with E-state index in [0.717, 1.165) is 16.5 Å². The zero-order chi connectivity index (χ0) is 14.1. The van der Waals surface area contributed by atoms with Crippen LogP contribution in [-0.4, -0.2) is 49.3 Å². The number of nitrogens with zero attached hydrogens (tertiary/aromatic N) is 2. The maximum atomic E-state index is 12.1. The zero-order valence-corrected chi connectivity index (χ0v) is 12.9. The van der Waals surface area contributed by atoms with Crippen molar-refractivity contribution in [3.8, 4) is 0 Å². The van der Waals surface area contributed by atoms with Gasteiger partial charge in [0.05, 0.1) is 6.34 Å². The predicted molar refractivity (Wildman–Crippen MR) is 87.7 cm³/mol. The molecule has 112 valence electrons. The molecule has 1 amide bonds. The summed E-state index contributed by atoms with van der Waals surface area (Å²) in [7, 11) is 3.89. The molecular weight excluding hydrogens is 288 g/mol. The van der Waals surface area contributed by atoms with E-state index in [9.17, 15) is 4.79 Å². The van der Waals surface area contributed by atoms with Crippen molar-refractivity contribution in [3.63, 3.8) is 0 Å². The molecule has 1 aliphatic rings. The van der Waals surface area contributed by atoms with E-state index in [1.807, 2.05) is 49.7 Å². The van der Waals surface area contributed by atoms with E-state index in [2.05, 4.69) is 15.3 Å². The lowest BCUT2D eigenvalue weighted by Gasteiger charge is -2.12. The summed E-state index contributed by atoms with van der Waals surface area (Å²) in [5.74, 6) is 0.197. The number of H-pyrrole nitrogens is 1. The molecule has 5 nitrogen and oxygen atoms in total. The van der Waals surface area contributed by atoms with Gasteiger partial charge in [0.15, 0.2) is 0 Å². The third-order valence-electron chi connectivity index (χ3n) is 3.57. The molecule has 0 spiro atoms. The van der Waals surface area contributed by atoms with Crippen LogP contribution >= 0.6 is 12.4 Å². The first-order chi connectivity index (χ1) is 9.66. The Bertz CT molecular complexity index is 677. The Kier molecular flexibility index (Phi) is 4.53. The monoisotopic (exact) mass is 306 g/mol. The summed E-state index contributed by atoms with van der Waals surface area (Å²) in [6, 6.07) is 5.78. The van der Waals surface area contributed by atoms with Gasteiger partial charge >= 0.3 is 0 Å². The van der Waals surface area contributed by atoms with Gasteiger partial charge in [-0.1, -0.05) is 6.07 Å². The molecule has 3 rings (SSSR count). The molecule has 1 atom stereocenters. The molecule has 6 heteroatoms. The fourth-order valence-corrected chi connectivity index (χ4v) is 2.64. The molecule has 0 aliphatic carbocycles. The molecule has 0 saturated heterocycles. The smallest absolute Gasteiger partial charge is 0.252 e. The minimum atomic E-state index is -0.00413. The Hall–Kier alpha value is -2.01. The number of aromatic amines is 1. The number of halogens is 1. The van der Waals surface area contributed by atoms with Gasteiger partial charge in [-0.15, -0.1) is 12.4 Å². The second kappa shape index (κ2) is 6.18. The molecule has 2 N–H and O–H groups in total. The normalized spacial score (nSPS) is 17.4. The summed E-state index contributed by atoms with van der Waals surface area (Å²) >= 11 is 0. The molecule has 2 heterocycles. The fraction of sp³-hybridized carbons (Fsp3) is 0.333. The van der Waals surface area contributed by atoms with Gasteiger partial charge in [0.25, 0.3) is 5.91 Å². The maximum absolute atomic E-state index is 12.1. The molecular formula is C15H19ClN4O. The number of amides is 1. The number of benzene rings is 1. The van der Waals surface area contributed by atoms with E-state index >= 15 is 0 Å². The minimum absolute atomic E-state index is 0. The van der Waals surface area contributed by atoms with E-state index in [4.69, 9.17) is 0 Å². The van der Waals surface area contributed by atoms with E-state index in [1.165, 1.54) is 5.56 Å². The Labute approximate surface area is 129 Å². The first-order valence-corrected chi connectivity index (χ1v) is 6.71. The van der Waals surface area contributed by atoms with Gasteiger partial charge in [-0.3, -0.25) is 9.79 Å². The van der Waals surface area contributed by atoms with Gasteiger partial charge in [0, 0.05) is 55.8 Å². The second-order valence-electron chi connectivity index (χ2n) is 5.32. The Balaban J connectivity index is 0.00000161. The van der Waals surface area contributed by atoms with Crippen LogP contribution in [0.5, 0.6) is 0 Å². The third kappa shape index (κ3) is 2.88. The van der Waals surface area contributed by atoms with Crippen LogP contribution in [0.25, 0.3) is 10.9 Å². The SMILES string of the molecule is CN(C)/C=N/CC1CNC(=O)c2cccc3[nH]cc1c23.Cl. The van der Waals surface area contributed by atoms with Crippen molar-refractivity contribution in [3.05, 3.63) is 35.5 Å². The Morgan fingerprint density at radius 3 is 3.00 bits per heavy atom. The number of carbonyl (C=O) groups is 1. The molecule has 2 aromatic rings. The number of hydrogen-bond acceptors (Lipinski definition) is 2. The summed E-state index contributed by atoms with van der Waals surface area (Å²) < 4.78 is 0. The van der Waals surface area contributed by atoms with Crippen LogP contribution in [0.4, 0.5) is 0 Å². The summed E-state index contributed by atoms with van der Waals surface area (Å²) in [4.78, 5) is 21.8. The van der Waals surface area contributed by atoms with Crippen molar-refractivity contribution in [1.82, 2.24) is 15.2 Å². The summed E-state index contributed by atoms with van der Waals surface area (Å²) in [6.45, 7) is 1.28. The van der Waals surface area contributed by atoms with Crippen LogP contribution in [0, 0.1) is 0 Å². The molecule has 1 aromatic heterocycles. The molecule has 0 saturated carbocycles. The van der Waals surface area contributed by atoms with Gasteiger partial charge in [-0.05, 0) is 17.7 Å². The number of nitrogens with one attached hydrogen (secondary N) is 2. The van der Waals surface area contributed by atoms with Crippen molar-refractivity contribution < 1.29 is 4.79 Å². The number of carbonyl (C=O) groups excluding carboxylic acids is 1. The minimum Gasteiger partial charge on any atom is -0.369 e. The first kappa shape index (κ1) is 15.4. The molecule has 0 radical (unpaired) electrons. The van der Waals surface area contributed by atoms with E-state index in [-0.39, 0.29) is 24.2 Å². The van der Waals surface area contributed by atoms with Crippen molar-refractivity contribution in [2.75, 3.05) is 27.2 Å². The van der Waals surface area contributed by atoms with Crippen LogP contribution in [0.1, 0.15) is 21.8 Å². The molecule has 1 aliphatic heterocycles. The van der Waals surface area contributed by atoms with Crippen molar-refractivity contribution in [1.29, 1.82) is 0 Å². The standard InChI is InChI=1S/C15H18N4O.ClH/c1-19(2)9-16-6-10-7-18-15(20)11-4-3-5-13-14(11)12(10)8-17-13;/h3-5,8-10,17H,6-7H2,1-2H3,(H,18,20);1H/b16-9+;. The summed E-state index contributed by atoms with van der Waals surface area (Å²) in [5, 5.41) is 4.02. The van der Waals surface area contributed by atoms with Crippen molar-refractivity contribution in [2.24, 2.45) is 4.99 Å². The number of rotatable bonds is 3. The van der Waals surface area contributed by atoms with Crippen LogP contribution < -0.4 is 5.32 Å². The number of hydrogen-bond donors (Lipinski definition) is 2. The van der Waals surface area contributed by atoms with Crippen LogP contribution in [0.2, 0.25) is 0 Å². The van der Waals surface area contributed by atoms with Crippen molar-refractivity contribution >= 4 is 35.6 Å². The maximum Gasteiger partial charge on any atom is 0.252 e. The average Bonchev–Trinajstić information content (AvgIpc) is 2.79. The molecule has 0 bridgehead atoms. The van der Waals surface area contributed by atoms with Crippen LogP contribution in [0.15, 0.2) is 29.4 Å². The van der Waals surface area contributed by atoms with E-state index in [0.29, 0.717) is 13.1 Å². The lowest BCUT2D eigenvalue weighted by Crippen LogP contribution is -2.27. The lowest BCUT2D eigenvalue weighted by atomic mass is 9.97. The molecule has 1 aromatic carbocycles. The predicted octanol–water partition coefficient (Wildman–Crippen LogP) is 2.01. The second-order valence-corrected chi connectivity index (χ2v) is 5.32. The van der Waals surface area contributed by atoms with E-state index in [1.54, 1.807) is 0 Å². The van der Waals surface area contributed by atoms with Gasteiger partial charge in [-0.2, -0.15) is 0 Å². The topological polar surface area (TPSA) is 60.5 Å². The summed E-state index contributed by atoms with van der Waals surface area (Å²) in [5.41, 5.74) is 2.93. The largest absolute Gasteiger partial charge is 0.369 e. The molecule has 0 fully saturated rings. The highest BCUT2D eigenvalue weighted by Gasteiger charge is 2.24. The van der Waals surface area contributed by atoms with Crippen LogP contribution in [0.3, 0.4) is 0 Å². The highest BCUT2D eigenvalue weighted by Crippen LogP contribution is 2.30. The van der Waals surface area contributed by atoms with Crippen LogP contribution in [-0.2, 0) is 0 Å². The molecule has 21 heavy (non-hydrogen) atoms. The molecule has 1 unspecified atom stereocenters. The van der Waals surface area contributed by atoms with Gasteiger partial charge < -0.3 is 15.2 Å². The fourth-order valence-electron chi connectivity index (χ4n) is 2.64. The zero-order valence-electron chi connectivity index (χ0n) is 12.1. The van der Waals surface area contributed by atoms with Crippen molar-refractivity contribution in [2.45, 2.75) is 5.92 Å². The van der Waals surface area contributed by atoms with E-state index < -0.39 is 0 Å².